The van der Waals surface area contributed by atoms with E-state index in [1.54, 1.807) is 0 Å². The average Bonchev–Trinajstić information content (AvgIpc) is 2.49. The zero-order chi connectivity index (χ0) is 16.6. The van der Waals surface area contributed by atoms with Crippen LogP contribution in [0, 0.1) is 5.92 Å². The summed E-state index contributed by atoms with van der Waals surface area (Å²) in [4.78, 5) is 22.0. The minimum atomic E-state index is -1.33. The van der Waals surface area contributed by atoms with Crippen molar-refractivity contribution < 1.29 is 14.6 Å². The van der Waals surface area contributed by atoms with Gasteiger partial charge < -0.3 is 0 Å². The number of hydrogen-bond acceptors (Lipinski definition) is 3. The lowest BCUT2D eigenvalue weighted by molar-refractivity contribution is -0.249. The topological polar surface area (TPSA) is 35.5 Å². The molecule has 1 unspecified atom stereocenters. The van der Waals surface area contributed by atoms with Gasteiger partial charge in [0.25, 0.3) is 0 Å². The number of carbonyl (C=O) groups excluding carboxylic acids is 1. The highest BCUT2D eigenvalue weighted by Gasteiger charge is 2.17. The van der Waals surface area contributed by atoms with Gasteiger partial charge in [-0.15, -0.1) is 0 Å². The van der Waals surface area contributed by atoms with Crippen LogP contribution in [0.4, 0.5) is 0 Å². The second-order valence-electron chi connectivity index (χ2n) is 6.90. The van der Waals surface area contributed by atoms with Crippen molar-refractivity contribution in [2.45, 2.75) is 59.2 Å². The summed E-state index contributed by atoms with van der Waals surface area (Å²) in [5.41, 5.74) is 0.545. The third kappa shape index (κ3) is 6.32. The Bertz CT molecular complexity index is 448. The summed E-state index contributed by atoms with van der Waals surface area (Å²) >= 11 is 0. The standard InChI is InChI=1S/C18H30O3Si/c1-6-8-9-15(7-2)14-20-21-18(19)16-10-12-17(13-11-16)22(3,4)5/h10-13,15H,6-9,14H2,1-5H3. The molecule has 1 aromatic rings. The molecule has 0 amide bonds. The van der Waals surface area contributed by atoms with Crippen molar-refractivity contribution in [1.82, 2.24) is 0 Å². The lowest BCUT2D eigenvalue weighted by Gasteiger charge is -2.16. The minimum Gasteiger partial charge on any atom is -0.293 e. The van der Waals surface area contributed by atoms with Gasteiger partial charge in [-0.2, -0.15) is 4.89 Å². The largest absolute Gasteiger partial charge is 0.373 e. The van der Waals surface area contributed by atoms with E-state index in [9.17, 15) is 4.79 Å². The van der Waals surface area contributed by atoms with E-state index in [2.05, 4.69) is 33.5 Å². The maximum Gasteiger partial charge on any atom is 0.373 e. The first-order chi connectivity index (χ1) is 10.4. The summed E-state index contributed by atoms with van der Waals surface area (Å²) in [5.74, 6) is 0.0505. The van der Waals surface area contributed by atoms with Crippen molar-refractivity contribution in [2.75, 3.05) is 6.61 Å². The Morgan fingerprint density at radius 1 is 1.14 bits per heavy atom. The quantitative estimate of drug-likeness (QED) is 0.380. The molecule has 4 heteroatoms. The molecule has 0 bridgehead atoms. The van der Waals surface area contributed by atoms with Crippen LogP contribution < -0.4 is 5.19 Å². The SMILES string of the molecule is CCCCC(CC)COOC(=O)c1ccc([Si](C)(C)C)cc1. The average molecular weight is 323 g/mol. The summed E-state index contributed by atoms with van der Waals surface area (Å²) in [6, 6.07) is 7.71. The van der Waals surface area contributed by atoms with Crippen LogP contribution in [0.3, 0.4) is 0 Å². The monoisotopic (exact) mass is 322 g/mol. The van der Waals surface area contributed by atoms with E-state index in [0.29, 0.717) is 18.1 Å². The number of rotatable bonds is 9. The second kappa shape index (κ2) is 9.11. The zero-order valence-electron chi connectivity index (χ0n) is 14.6. The van der Waals surface area contributed by atoms with Crippen LogP contribution in [-0.4, -0.2) is 20.7 Å². The fourth-order valence-corrected chi connectivity index (χ4v) is 3.40. The minimum absolute atomic E-state index is 0.410. The third-order valence-electron chi connectivity index (χ3n) is 3.97. The van der Waals surface area contributed by atoms with Crippen molar-refractivity contribution >= 4 is 19.2 Å². The number of carbonyl (C=O) groups is 1. The van der Waals surface area contributed by atoms with Gasteiger partial charge in [0, 0.05) is 0 Å². The van der Waals surface area contributed by atoms with Crippen LogP contribution in [0.1, 0.15) is 49.9 Å². The van der Waals surface area contributed by atoms with Gasteiger partial charge in [-0.05, 0) is 24.5 Å². The summed E-state index contributed by atoms with van der Waals surface area (Å²) in [6.45, 7) is 11.6. The van der Waals surface area contributed by atoms with Gasteiger partial charge in [0.05, 0.1) is 20.2 Å². The molecule has 0 radical (unpaired) electrons. The summed E-state index contributed by atoms with van der Waals surface area (Å²) < 4.78 is 0. The molecule has 0 aromatic heterocycles. The maximum atomic E-state index is 12.0. The Balaban J connectivity index is 2.45. The molecule has 0 saturated heterocycles. The molecule has 0 aliphatic rings. The molecule has 0 heterocycles. The number of hydrogen-bond donors (Lipinski definition) is 0. The van der Waals surface area contributed by atoms with Gasteiger partial charge in [0.1, 0.15) is 0 Å². The zero-order valence-corrected chi connectivity index (χ0v) is 15.6. The lowest BCUT2D eigenvalue weighted by Crippen LogP contribution is -2.37. The Hall–Kier alpha value is -1.13. The van der Waals surface area contributed by atoms with Gasteiger partial charge in [-0.3, -0.25) is 4.89 Å². The Morgan fingerprint density at radius 2 is 1.77 bits per heavy atom. The molecule has 0 fully saturated rings. The van der Waals surface area contributed by atoms with Crippen molar-refractivity contribution in [3.63, 3.8) is 0 Å². The Kier molecular flexibility index (Phi) is 7.83. The van der Waals surface area contributed by atoms with Gasteiger partial charge in [0.15, 0.2) is 0 Å². The molecule has 3 nitrogen and oxygen atoms in total. The molecule has 124 valence electrons. The van der Waals surface area contributed by atoms with Crippen LogP contribution in [-0.2, 0) is 9.78 Å². The smallest absolute Gasteiger partial charge is 0.293 e. The van der Waals surface area contributed by atoms with Crippen molar-refractivity contribution in [3.05, 3.63) is 29.8 Å². The second-order valence-corrected chi connectivity index (χ2v) is 12.0. The van der Waals surface area contributed by atoms with Gasteiger partial charge in [-0.1, -0.05) is 70.1 Å². The normalized spacial score (nSPS) is 13.0. The van der Waals surface area contributed by atoms with Crippen LogP contribution in [0.25, 0.3) is 0 Å². The maximum absolute atomic E-state index is 12.0. The molecule has 0 N–H and O–H groups in total. The first-order valence-corrected chi connectivity index (χ1v) is 11.8. The molecule has 22 heavy (non-hydrogen) atoms. The first kappa shape index (κ1) is 18.9. The highest BCUT2D eigenvalue weighted by atomic mass is 28.3. The predicted molar refractivity (Wildman–Crippen MR) is 94.1 cm³/mol. The first-order valence-electron chi connectivity index (χ1n) is 8.32. The summed E-state index contributed by atoms with van der Waals surface area (Å²) in [7, 11) is -1.33. The van der Waals surface area contributed by atoms with E-state index in [1.807, 2.05) is 24.3 Å². The van der Waals surface area contributed by atoms with E-state index in [1.165, 1.54) is 18.0 Å². The van der Waals surface area contributed by atoms with Crippen LogP contribution in [0.15, 0.2) is 24.3 Å². The van der Waals surface area contributed by atoms with E-state index >= 15 is 0 Å². The molecular weight excluding hydrogens is 292 g/mol. The van der Waals surface area contributed by atoms with Gasteiger partial charge in [0.2, 0.25) is 0 Å². The molecule has 0 spiro atoms. The van der Waals surface area contributed by atoms with Crippen molar-refractivity contribution in [3.8, 4) is 0 Å². The van der Waals surface area contributed by atoms with Crippen LogP contribution in [0.5, 0.6) is 0 Å². The molecular formula is C18H30O3Si. The van der Waals surface area contributed by atoms with Gasteiger partial charge in [-0.25, -0.2) is 4.79 Å². The van der Waals surface area contributed by atoms with E-state index in [4.69, 9.17) is 9.78 Å². The molecule has 0 aliphatic heterocycles. The Morgan fingerprint density at radius 3 is 2.27 bits per heavy atom. The number of unbranched alkanes of at least 4 members (excludes halogenated alkanes) is 1. The van der Waals surface area contributed by atoms with Crippen molar-refractivity contribution in [1.29, 1.82) is 0 Å². The highest BCUT2D eigenvalue weighted by Crippen LogP contribution is 2.13. The fourth-order valence-electron chi connectivity index (χ4n) is 2.24. The van der Waals surface area contributed by atoms with Crippen molar-refractivity contribution in [2.24, 2.45) is 5.92 Å². The molecule has 1 rings (SSSR count). The fraction of sp³-hybridized carbons (Fsp3) is 0.611. The van der Waals surface area contributed by atoms with Crippen LogP contribution in [0.2, 0.25) is 19.6 Å². The van der Waals surface area contributed by atoms with E-state index < -0.39 is 14.0 Å². The molecule has 0 saturated carbocycles. The molecule has 0 aliphatic carbocycles. The molecule has 1 aromatic carbocycles. The molecule has 1 atom stereocenters. The lowest BCUT2D eigenvalue weighted by atomic mass is 10.0. The van der Waals surface area contributed by atoms with Crippen LogP contribution >= 0.6 is 0 Å². The van der Waals surface area contributed by atoms with E-state index in [-0.39, 0.29) is 0 Å². The number of benzene rings is 1. The highest BCUT2D eigenvalue weighted by molar-refractivity contribution is 6.88. The third-order valence-corrected chi connectivity index (χ3v) is 6.03. The van der Waals surface area contributed by atoms with E-state index in [0.717, 1.165) is 12.8 Å². The summed E-state index contributed by atoms with van der Waals surface area (Å²) in [5, 5.41) is 1.33. The summed E-state index contributed by atoms with van der Waals surface area (Å²) in [6.07, 6.45) is 4.53. The Labute approximate surface area is 136 Å². The van der Waals surface area contributed by atoms with Gasteiger partial charge >= 0.3 is 5.97 Å². The predicted octanol–water partition coefficient (Wildman–Crippen LogP) is 4.54.